The predicted octanol–water partition coefficient (Wildman–Crippen LogP) is 4.20. The number of nitro groups is 1. The molecule has 0 aliphatic heterocycles. The van der Waals surface area contributed by atoms with Crippen LogP contribution in [0.3, 0.4) is 0 Å². The van der Waals surface area contributed by atoms with Crippen LogP contribution in [0.2, 0.25) is 5.02 Å². The highest BCUT2D eigenvalue weighted by atomic mass is 35.5. The van der Waals surface area contributed by atoms with Crippen molar-refractivity contribution in [2.24, 2.45) is 0 Å². The van der Waals surface area contributed by atoms with Crippen LogP contribution in [-0.2, 0) is 6.18 Å². The Morgan fingerprint density at radius 3 is 2.18 bits per heavy atom. The SMILES string of the molecule is O=[N+]([O-])c1ccc(C(F)(F)F)c(Cl)c1C(F)F. The number of nitrogens with zero attached hydrogens (tertiary/aromatic N) is 1. The van der Waals surface area contributed by atoms with E-state index >= 15 is 0 Å². The van der Waals surface area contributed by atoms with Gasteiger partial charge in [-0.05, 0) is 6.07 Å². The quantitative estimate of drug-likeness (QED) is 0.461. The van der Waals surface area contributed by atoms with E-state index in [4.69, 9.17) is 11.6 Å². The van der Waals surface area contributed by atoms with E-state index in [9.17, 15) is 32.1 Å². The molecule has 0 amide bonds. The van der Waals surface area contributed by atoms with Gasteiger partial charge >= 0.3 is 6.18 Å². The second-order valence-corrected chi connectivity index (χ2v) is 3.29. The lowest BCUT2D eigenvalue weighted by Crippen LogP contribution is -2.09. The maximum absolute atomic E-state index is 12.5. The first-order valence-corrected chi connectivity index (χ1v) is 4.36. The van der Waals surface area contributed by atoms with E-state index in [1.54, 1.807) is 0 Å². The molecule has 0 bridgehead atoms. The molecule has 17 heavy (non-hydrogen) atoms. The van der Waals surface area contributed by atoms with Gasteiger partial charge in [0.15, 0.2) is 0 Å². The third-order valence-electron chi connectivity index (χ3n) is 1.88. The molecule has 3 nitrogen and oxygen atoms in total. The fraction of sp³-hybridized carbons (Fsp3) is 0.250. The van der Waals surface area contributed by atoms with Crippen molar-refractivity contribution in [1.82, 2.24) is 0 Å². The van der Waals surface area contributed by atoms with E-state index in [1.807, 2.05) is 0 Å². The number of alkyl halides is 5. The van der Waals surface area contributed by atoms with Crippen LogP contribution in [0, 0.1) is 10.1 Å². The zero-order chi connectivity index (χ0) is 13.4. The fourth-order valence-electron chi connectivity index (χ4n) is 1.17. The second-order valence-electron chi connectivity index (χ2n) is 2.92. The molecule has 1 rings (SSSR count). The molecule has 0 unspecified atom stereocenters. The van der Waals surface area contributed by atoms with Crippen molar-refractivity contribution in [2.45, 2.75) is 12.6 Å². The van der Waals surface area contributed by atoms with Gasteiger partial charge < -0.3 is 0 Å². The number of hydrogen-bond acceptors (Lipinski definition) is 2. The second kappa shape index (κ2) is 4.44. The number of benzene rings is 1. The minimum atomic E-state index is -4.95. The molecule has 0 heterocycles. The fourth-order valence-corrected chi connectivity index (χ4v) is 1.52. The summed E-state index contributed by atoms with van der Waals surface area (Å²) in [5.74, 6) is 0. The molecule has 1 aromatic carbocycles. The summed E-state index contributed by atoms with van der Waals surface area (Å²) in [6, 6.07) is 0.655. The molecular weight excluding hydrogens is 273 g/mol. The highest BCUT2D eigenvalue weighted by molar-refractivity contribution is 6.32. The smallest absolute Gasteiger partial charge is 0.258 e. The molecule has 9 heteroatoms. The van der Waals surface area contributed by atoms with Crippen LogP contribution in [0.15, 0.2) is 12.1 Å². The van der Waals surface area contributed by atoms with Crippen LogP contribution in [-0.4, -0.2) is 4.92 Å². The Hall–Kier alpha value is -1.44. The molecule has 0 aliphatic rings. The molecule has 0 fully saturated rings. The lowest BCUT2D eigenvalue weighted by Gasteiger charge is -2.12. The van der Waals surface area contributed by atoms with Gasteiger partial charge in [0.2, 0.25) is 0 Å². The molecule has 0 spiro atoms. The Bertz CT molecular complexity index is 460. The minimum Gasteiger partial charge on any atom is -0.258 e. The Morgan fingerprint density at radius 1 is 1.29 bits per heavy atom. The van der Waals surface area contributed by atoms with E-state index in [0.29, 0.717) is 12.1 Å². The minimum absolute atomic E-state index is 0.298. The van der Waals surface area contributed by atoms with E-state index < -0.39 is 39.4 Å². The molecule has 0 radical (unpaired) electrons. The summed E-state index contributed by atoms with van der Waals surface area (Å²) in [6.45, 7) is 0. The number of halogens is 6. The van der Waals surface area contributed by atoms with Gasteiger partial charge in [-0.2, -0.15) is 13.2 Å². The van der Waals surface area contributed by atoms with Crippen LogP contribution in [0.25, 0.3) is 0 Å². The summed E-state index contributed by atoms with van der Waals surface area (Å²) in [7, 11) is 0. The first kappa shape index (κ1) is 13.6. The summed E-state index contributed by atoms with van der Waals surface area (Å²) < 4.78 is 61.9. The summed E-state index contributed by atoms with van der Waals surface area (Å²) in [4.78, 5) is 9.16. The Kier molecular flexibility index (Phi) is 3.56. The van der Waals surface area contributed by atoms with Crippen LogP contribution >= 0.6 is 11.6 Å². The Morgan fingerprint density at radius 2 is 1.82 bits per heavy atom. The molecule has 1 aromatic rings. The maximum Gasteiger partial charge on any atom is 0.417 e. The molecule has 0 aliphatic carbocycles. The van der Waals surface area contributed by atoms with Gasteiger partial charge in [-0.3, -0.25) is 10.1 Å². The number of rotatable bonds is 2. The van der Waals surface area contributed by atoms with Crippen molar-refractivity contribution < 1.29 is 26.9 Å². The van der Waals surface area contributed by atoms with Crippen molar-refractivity contribution in [2.75, 3.05) is 0 Å². The molecule has 0 saturated carbocycles. The van der Waals surface area contributed by atoms with Crippen molar-refractivity contribution in [1.29, 1.82) is 0 Å². The van der Waals surface area contributed by atoms with Crippen LogP contribution in [0.4, 0.5) is 27.6 Å². The van der Waals surface area contributed by atoms with Gasteiger partial charge in [-0.25, -0.2) is 8.78 Å². The highest BCUT2D eigenvalue weighted by Crippen LogP contribution is 2.43. The van der Waals surface area contributed by atoms with Gasteiger partial charge in [0.25, 0.3) is 12.1 Å². The van der Waals surface area contributed by atoms with Gasteiger partial charge in [-0.1, -0.05) is 11.6 Å². The molecule has 0 saturated heterocycles. The first-order valence-electron chi connectivity index (χ1n) is 3.98. The van der Waals surface area contributed by atoms with Gasteiger partial charge in [0, 0.05) is 6.07 Å². The first-order chi connectivity index (χ1) is 7.66. The number of hydrogen-bond donors (Lipinski definition) is 0. The largest absolute Gasteiger partial charge is 0.417 e. The standard InChI is InChI=1S/C8H3ClF5NO2/c9-6-3(8(12,13)14)1-2-4(15(16)17)5(6)7(10)11/h1-2,7H. The van der Waals surface area contributed by atoms with Crippen molar-refractivity contribution in [3.8, 4) is 0 Å². The maximum atomic E-state index is 12.5. The van der Waals surface area contributed by atoms with E-state index in [-0.39, 0.29) is 0 Å². The summed E-state index contributed by atoms with van der Waals surface area (Å²) in [6.07, 6.45) is -8.42. The summed E-state index contributed by atoms with van der Waals surface area (Å²) in [5.41, 5.74) is -4.09. The monoisotopic (exact) mass is 275 g/mol. The Labute approximate surface area is 95.9 Å². The molecular formula is C8H3ClF5NO2. The Balaban J connectivity index is 3.55. The van der Waals surface area contributed by atoms with E-state index in [2.05, 4.69) is 0 Å². The van der Waals surface area contributed by atoms with Crippen molar-refractivity contribution in [3.63, 3.8) is 0 Å². The highest BCUT2D eigenvalue weighted by Gasteiger charge is 2.38. The molecule has 0 atom stereocenters. The average Bonchev–Trinajstić information content (AvgIpc) is 2.13. The van der Waals surface area contributed by atoms with Crippen LogP contribution in [0.1, 0.15) is 17.6 Å². The van der Waals surface area contributed by atoms with Crippen molar-refractivity contribution in [3.05, 3.63) is 38.4 Å². The average molecular weight is 276 g/mol. The predicted molar refractivity (Wildman–Crippen MR) is 48.1 cm³/mol. The van der Waals surface area contributed by atoms with Crippen LogP contribution in [0.5, 0.6) is 0 Å². The number of nitro benzene ring substituents is 1. The zero-order valence-electron chi connectivity index (χ0n) is 7.76. The van der Waals surface area contributed by atoms with Gasteiger partial charge in [0.1, 0.15) is 5.56 Å². The summed E-state index contributed by atoms with van der Waals surface area (Å²) in [5, 5.41) is 9.03. The van der Waals surface area contributed by atoms with Crippen LogP contribution < -0.4 is 0 Å². The molecule has 94 valence electrons. The topological polar surface area (TPSA) is 43.1 Å². The van der Waals surface area contributed by atoms with Crippen molar-refractivity contribution >= 4 is 17.3 Å². The third kappa shape index (κ3) is 2.63. The lowest BCUT2D eigenvalue weighted by molar-refractivity contribution is -0.386. The van der Waals surface area contributed by atoms with E-state index in [0.717, 1.165) is 0 Å². The lowest BCUT2D eigenvalue weighted by atomic mass is 10.1. The third-order valence-corrected chi connectivity index (χ3v) is 2.28. The zero-order valence-corrected chi connectivity index (χ0v) is 8.52. The van der Waals surface area contributed by atoms with Gasteiger partial charge in [-0.15, -0.1) is 0 Å². The normalized spacial score (nSPS) is 11.9. The van der Waals surface area contributed by atoms with E-state index in [1.165, 1.54) is 0 Å². The molecule has 0 N–H and O–H groups in total. The summed E-state index contributed by atoms with van der Waals surface area (Å²) >= 11 is 5.13. The molecule has 0 aromatic heterocycles. The van der Waals surface area contributed by atoms with Gasteiger partial charge in [0.05, 0.1) is 15.5 Å².